The Labute approximate surface area is 187 Å². The Morgan fingerprint density at radius 2 is 2.09 bits per heavy atom. The zero-order valence-electron chi connectivity index (χ0n) is 18.4. The summed E-state index contributed by atoms with van der Waals surface area (Å²) in [5.74, 6) is 0.419. The van der Waals surface area contributed by atoms with Crippen molar-refractivity contribution in [1.82, 2.24) is 15.3 Å². The second kappa shape index (κ2) is 8.88. The third-order valence-electron chi connectivity index (χ3n) is 6.32. The number of nitrogens with one attached hydrogen (secondary N) is 1. The quantitative estimate of drug-likeness (QED) is 0.636. The number of halogens is 1. The smallest absolute Gasteiger partial charge is 0.213 e. The van der Waals surface area contributed by atoms with Gasteiger partial charge in [0.05, 0.1) is 24.4 Å². The predicted octanol–water partition coefficient (Wildman–Crippen LogP) is 3.12. The summed E-state index contributed by atoms with van der Waals surface area (Å²) in [7, 11) is 1.63. The first kappa shape index (κ1) is 20.9. The minimum Gasteiger partial charge on any atom is -0.481 e. The van der Waals surface area contributed by atoms with Gasteiger partial charge in [0, 0.05) is 50.2 Å². The summed E-state index contributed by atoms with van der Waals surface area (Å²) in [6.45, 7) is 5.64. The van der Waals surface area contributed by atoms with Crippen molar-refractivity contribution in [2.75, 3.05) is 49.8 Å². The molecular weight excluding hydrogens is 409 g/mol. The molecule has 8 heteroatoms. The minimum atomic E-state index is -0.175. The first-order chi connectivity index (χ1) is 15.6. The van der Waals surface area contributed by atoms with Gasteiger partial charge in [0.15, 0.2) is 0 Å². The van der Waals surface area contributed by atoms with Crippen LogP contribution in [0.2, 0.25) is 0 Å². The number of benzene rings is 1. The molecule has 2 atom stereocenters. The highest BCUT2D eigenvalue weighted by Crippen LogP contribution is 2.28. The Balaban J connectivity index is 1.18. The summed E-state index contributed by atoms with van der Waals surface area (Å²) >= 11 is 0. The fraction of sp³-hybridized carbons (Fsp3) is 0.417. The number of ether oxygens (including phenoxy) is 2. The Morgan fingerprint density at radius 3 is 2.94 bits per heavy atom. The molecule has 5 rings (SSSR count). The van der Waals surface area contributed by atoms with Crippen LogP contribution in [0, 0.1) is 12.7 Å². The number of anilines is 2. The van der Waals surface area contributed by atoms with E-state index >= 15 is 0 Å². The molecule has 2 fully saturated rings. The van der Waals surface area contributed by atoms with Gasteiger partial charge in [-0.05, 0) is 43.2 Å². The molecule has 1 N–H and O–H groups in total. The van der Waals surface area contributed by atoms with Gasteiger partial charge in [0.2, 0.25) is 5.88 Å². The topological polar surface area (TPSA) is 62.8 Å². The van der Waals surface area contributed by atoms with Crippen molar-refractivity contribution in [2.45, 2.75) is 25.5 Å². The third kappa shape index (κ3) is 4.20. The monoisotopic (exact) mass is 437 g/mol. The largest absolute Gasteiger partial charge is 0.481 e. The number of aryl methyl sites for hydroxylation is 1. The average Bonchev–Trinajstić information content (AvgIpc) is 3.48. The second-order valence-electron chi connectivity index (χ2n) is 8.46. The molecule has 2 aliphatic rings. The molecule has 2 aromatic heterocycles. The van der Waals surface area contributed by atoms with Crippen molar-refractivity contribution in [2.24, 2.45) is 0 Å². The van der Waals surface area contributed by atoms with E-state index in [0.29, 0.717) is 24.2 Å². The van der Waals surface area contributed by atoms with E-state index in [9.17, 15) is 4.39 Å². The average molecular weight is 438 g/mol. The van der Waals surface area contributed by atoms with Crippen LogP contribution in [0.15, 0.2) is 42.6 Å². The highest BCUT2D eigenvalue weighted by molar-refractivity contribution is 5.88. The van der Waals surface area contributed by atoms with E-state index in [1.165, 1.54) is 0 Å². The van der Waals surface area contributed by atoms with Crippen molar-refractivity contribution in [3.05, 3.63) is 54.0 Å². The molecule has 0 aliphatic carbocycles. The van der Waals surface area contributed by atoms with Crippen molar-refractivity contribution < 1.29 is 13.9 Å². The second-order valence-corrected chi connectivity index (χ2v) is 8.46. The van der Waals surface area contributed by atoms with Gasteiger partial charge >= 0.3 is 0 Å². The Hall–Kier alpha value is -2.97. The number of fused-ring (bicyclic) bond motifs is 1. The first-order valence-electron chi connectivity index (χ1n) is 11.0. The number of hydrogen-bond donors (Lipinski definition) is 1. The van der Waals surface area contributed by atoms with E-state index in [2.05, 4.69) is 25.1 Å². The van der Waals surface area contributed by atoms with Crippen LogP contribution in [0.5, 0.6) is 5.88 Å². The first-order valence-corrected chi connectivity index (χ1v) is 11.0. The van der Waals surface area contributed by atoms with E-state index in [0.717, 1.165) is 55.0 Å². The number of pyridine rings is 2. The zero-order valence-corrected chi connectivity index (χ0v) is 18.4. The van der Waals surface area contributed by atoms with Crippen LogP contribution < -0.4 is 19.9 Å². The molecule has 0 unspecified atom stereocenters. The Morgan fingerprint density at radius 1 is 1.19 bits per heavy atom. The van der Waals surface area contributed by atoms with Crippen LogP contribution >= 0.6 is 0 Å². The minimum absolute atomic E-state index is 0.0843. The van der Waals surface area contributed by atoms with Gasteiger partial charge in [-0.1, -0.05) is 6.07 Å². The Bertz CT molecular complexity index is 1110. The normalized spacial score (nSPS) is 21.0. The lowest BCUT2D eigenvalue weighted by Crippen LogP contribution is -2.39. The zero-order chi connectivity index (χ0) is 22.1. The maximum Gasteiger partial charge on any atom is 0.213 e. The SMILES string of the molecule is COc1ccc2nccc(N3CC[C@H](NC[C@@H]4CN(c5ccc(C)c(F)c5)CO4)C3)c2n1. The number of nitrogens with zero attached hydrogens (tertiary/aromatic N) is 4. The lowest BCUT2D eigenvalue weighted by Gasteiger charge is -2.21. The van der Waals surface area contributed by atoms with Crippen LogP contribution in [0.25, 0.3) is 11.0 Å². The fourth-order valence-electron chi connectivity index (χ4n) is 4.43. The van der Waals surface area contributed by atoms with Gasteiger partial charge in [-0.15, -0.1) is 0 Å². The summed E-state index contributed by atoms with van der Waals surface area (Å²) in [4.78, 5) is 13.5. The molecule has 0 amide bonds. The van der Waals surface area contributed by atoms with E-state index < -0.39 is 0 Å². The predicted molar refractivity (Wildman–Crippen MR) is 123 cm³/mol. The standard InChI is InChI=1S/C24H28FN5O2/c1-16-3-4-18(11-20(16)25)30-14-19(32-15-30)12-27-17-8-10-29(13-17)22-7-9-26-21-5-6-23(31-2)28-24(21)22/h3-7,9,11,17,19,27H,8,10,12-15H2,1-2H3/t17-,19+/m0/s1. The molecule has 7 nitrogen and oxygen atoms in total. The van der Waals surface area contributed by atoms with Gasteiger partial charge in [-0.3, -0.25) is 4.98 Å². The third-order valence-corrected chi connectivity index (χ3v) is 6.32. The van der Waals surface area contributed by atoms with Crippen molar-refractivity contribution in [3.63, 3.8) is 0 Å². The van der Waals surface area contributed by atoms with E-state index in [1.54, 1.807) is 20.1 Å². The molecular formula is C24H28FN5O2. The summed E-state index contributed by atoms with van der Waals surface area (Å²) in [6.07, 6.45) is 2.97. The summed E-state index contributed by atoms with van der Waals surface area (Å²) in [6, 6.07) is 11.5. The van der Waals surface area contributed by atoms with Crippen LogP contribution in [0.1, 0.15) is 12.0 Å². The van der Waals surface area contributed by atoms with Crippen molar-refractivity contribution in [1.29, 1.82) is 0 Å². The summed E-state index contributed by atoms with van der Waals surface area (Å²) in [5.41, 5.74) is 4.35. The van der Waals surface area contributed by atoms with Gasteiger partial charge in [0.25, 0.3) is 0 Å². The van der Waals surface area contributed by atoms with Crippen LogP contribution in [0.3, 0.4) is 0 Å². The van der Waals surface area contributed by atoms with E-state index in [-0.39, 0.29) is 11.9 Å². The molecule has 0 saturated carbocycles. The van der Waals surface area contributed by atoms with Gasteiger partial charge in [-0.2, -0.15) is 0 Å². The Kier molecular flexibility index (Phi) is 5.80. The fourth-order valence-corrected chi connectivity index (χ4v) is 4.43. The molecule has 1 aromatic carbocycles. The molecule has 4 heterocycles. The maximum absolute atomic E-state index is 13.9. The summed E-state index contributed by atoms with van der Waals surface area (Å²) < 4.78 is 25.1. The molecule has 32 heavy (non-hydrogen) atoms. The van der Waals surface area contributed by atoms with E-state index in [1.807, 2.05) is 36.5 Å². The highest BCUT2D eigenvalue weighted by atomic mass is 19.1. The van der Waals surface area contributed by atoms with Gasteiger partial charge in [0.1, 0.15) is 18.1 Å². The molecule has 3 aromatic rings. The molecule has 2 saturated heterocycles. The van der Waals surface area contributed by atoms with Crippen LogP contribution in [-0.4, -0.2) is 62.1 Å². The summed E-state index contributed by atoms with van der Waals surface area (Å²) in [5, 5.41) is 3.66. The van der Waals surface area contributed by atoms with Crippen molar-refractivity contribution in [3.8, 4) is 5.88 Å². The maximum atomic E-state index is 13.9. The van der Waals surface area contributed by atoms with Crippen LogP contribution in [-0.2, 0) is 4.74 Å². The molecule has 0 spiro atoms. The number of hydrogen-bond acceptors (Lipinski definition) is 7. The highest BCUT2D eigenvalue weighted by Gasteiger charge is 2.28. The lowest BCUT2D eigenvalue weighted by atomic mass is 10.2. The molecule has 168 valence electrons. The van der Waals surface area contributed by atoms with Crippen LogP contribution in [0.4, 0.5) is 15.8 Å². The number of aromatic nitrogens is 2. The number of methoxy groups -OCH3 is 1. The molecule has 2 aliphatic heterocycles. The van der Waals surface area contributed by atoms with Crippen molar-refractivity contribution >= 4 is 22.4 Å². The number of rotatable bonds is 6. The molecule has 0 radical (unpaired) electrons. The molecule has 0 bridgehead atoms. The van der Waals surface area contributed by atoms with Gasteiger partial charge < -0.3 is 24.6 Å². The van der Waals surface area contributed by atoms with Gasteiger partial charge in [-0.25, -0.2) is 9.37 Å². The lowest BCUT2D eigenvalue weighted by molar-refractivity contribution is 0.113. The van der Waals surface area contributed by atoms with E-state index in [4.69, 9.17) is 9.47 Å².